The van der Waals surface area contributed by atoms with E-state index in [4.69, 9.17) is 0 Å². The SMILES string of the molecule is CCCN1CCC(NCc2cccnc2)CC1. The van der Waals surface area contributed by atoms with E-state index in [1.165, 1.54) is 44.5 Å². The second kappa shape index (κ2) is 6.72. The van der Waals surface area contributed by atoms with Crippen molar-refractivity contribution in [2.24, 2.45) is 0 Å². The largest absolute Gasteiger partial charge is 0.310 e. The van der Waals surface area contributed by atoms with Gasteiger partial charge in [-0.2, -0.15) is 0 Å². The Hall–Kier alpha value is -0.930. The lowest BCUT2D eigenvalue weighted by Crippen LogP contribution is -2.42. The van der Waals surface area contributed by atoms with E-state index in [0.29, 0.717) is 6.04 Å². The lowest BCUT2D eigenvalue weighted by molar-refractivity contribution is 0.197. The monoisotopic (exact) mass is 233 g/mol. The predicted molar refractivity (Wildman–Crippen MR) is 70.8 cm³/mol. The third kappa shape index (κ3) is 4.10. The van der Waals surface area contributed by atoms with Crippen molar-refractivity contribution < 1.29 is 0 Å². The quantitative estimate of drug-likeness (QED) is 0.843. The molecule has 1 fully saturated rings. The minimum absolute atomic E-state index is 0.684. The zero-order valence-electron chi connectivity index (χ0n) is 10.7. The van der Waals surface area contributed by atoms with Crippen LogP contribution in [0.5, 0.6) is 0 Å². The van der Waals surface area contributed by atoms with E-state index in [1.54, 1.807) is 0 Å². The van der Waals surface area contributed by atoms with E-state index >= 15 is 0 Å². The fourth-order valence-corrected chi connectivity index (χ4v) is 2.44. The van der Waals surface area contributed by atoms with Crippen LogP contribution in [0, 0.1) is 0 Å². The summed E-state index contributed by atoms with van der Waals surface area (Å²) in [4.78, 5) is 6.71. The number of likely N-dealkylation sites (tertiary alicyclic amines) is 1. The van der Waals surface area contributed by atoms with Gasteiger partial charge in [0.1, 0.15) is 0 Å². The molecule has 0 aromatic carbocycles. The normalized spacial score (nSPS) is 18.4. The van der Waals surface area contributed by atoms with Crippen LogP contribution >= 0.6 is 0 Å². The maximum Gasteiger partial charge on any atom is 0.0312 e. The highest BCUT2D eigenvalue weighted by Gasteiger charge is 2.17. The first kappa shape index (κ1) is 12.5. The fraction of sp³-hybridized carbons (Fsp3) is 0.643. The van der Waals surface area contributed by atoms with Crippen LogP contribution in [-0.2, 0) is 6.54 Å². The molecular formula is C14H23N3. The van der Waals surface area contributed by atoms with E-state index in [2.05, 4.69) is 28.2 Å². The Morgan fingerprint density at radius 2 is 2.24 bits per heavy atom. The van der Waals surface area contributed by atoms with E-state index in [0.717, 1.165) is 6.54 Å². The van der Waals surface area contributed by atoms with Gasteiger partial charge in [-0.3, -0.25) is 4.98 Å². The number of piperidine rings is 1. The molecule has 0 unspecified atom stereocenters. The number of hydrogen-bond acceptors (Lipinski definition) is 3. The van der Waals surface area contributed by atoms with Crippen LogP contribution in [0.4, 0.5) is 0 Å². The van der Waals surface area contributed by atoms with Gasteiger partial charge >= 0.3 is 0 Å². The average molecular weight is 233 g/mol. The average Bonchev–Trinajstić information content (AvgIpc) is 2.40. The fourth-order valence-electron chi connectivity index (χ4n) is 2.44. The van der Waals surface area contributed by atoms with Gasteiger partial charge in [0.25, 0.3) is 0 Å². The van der Waals surface area contributed by atoms with Gasteiger partial charge in [-0.25, -0.2) is 0 Å². The molecule has 0 atom stereocenters. The molecule has 1 aliphatic heterocycles. The standard InChI is InChI=1S/C14H23N3/c1-2-8-17-9-5-14(6-10-17)16-12-13-4-3-7-15-11-13/h3-4,7,11,14,16H,2,5-6,8-10,12H2,1H3. The Kier molecular flexibility index (Phi) is 4.95. The van der Waals surface area contributed by atoms with Crippen molar-refractivity contribution in [1.29, 1.82) is 0 Å². The predicted octanol–water partition coefficient (Wildman–Crippen LogP) is 2.05. The summed E-state index contributed by atoms with van der Waals surface area (Å²) < 4.78 is 0. The summed E-state index contributed by atoms with van der Waals surface area (Å²) in [6.45, 7) is 6.96. The summed E-state index contributed by atoms with van der Waals surface area (Å²) in [6.07, 6.45) is 7.60. The van der Waals surface area contributed by atoms with E-state index in [9.17, 15) is 0 Å². The third-order valence-corrected chi connectivity index (χ3v) is 3.45. The first-order valence-electron chi connectivity index (χ1n) is 6.73. The first-order valence-corrected chi connectivity index (χ1v) is 6.73. The molecule has 1 N–H and O–H groups in total. The van der Waals surface area contributed by atoms with Crippen LogP contribution < -0.4 is 5.32 Å². The molecule has 0 bridgehead atoms. The van der Waals surface area contributed by atoms with Crippen LogP contribution in [0.15, 0.2) is 24.5 Å². The van der Waals surface area contributed by atoms with Gasteiger partial charge in [-0.05, 0) is 50.5 Å². The van der Waals surface area contributed by atoms with E-state index in [-0.39, 0.29) is 0 Å². The molecule has 0 amide bonds. The highest BCUT2D eigenvalue weighted by atomic mass is 15.1. The molecule has 94 valence electrons. The van der Waals surface area contributed by atoms with Gasteiger partial charge < -0.3 is 10.2 Å². The number of aromatic nitrogens is 1. The lowest BCUT2D eigenvalue weighted by Gasteiger charge is -2.32. The van der Waals surface area contributed by atoms with Crippen molar-refractivity contribution >= 4 is 0 Å². The molecule has 17 heavy (non-hydrogen) atoms. The van der Waals surface area contributed by atoms with Crippen LogP contribution in [0.3, 0.4) is 0 Å². The Labute approximate surface area is 104 Å². The molecule has 3 nitrogen and oxygen atoms in total. The zero-order chi connectivity index (χ0) is 11.9. The molecule has 3 heteroatoms. The molecule has 2 rings (SSSR count). The number of pyridine rings is 1. The van der Waals surface area contributed by atoms with Gasteiger partial charge in [0.15, 0.2) is 0 Å². The molecule has 0 aliphatic carbocycles. The molecule has 1 aromatic rings. The summed E-state index contributed by atoms with van der Waals surface area (Å²) in [5, 5.41) is 3.63. The lowest BCUT2D eigenvalue weighted by atomic mass is 10.0. The minimum atomic E-state index is 0.684. The molecule has 0 saturated carbocycles. The van der Waals surface area contributed by atoms with E-state index in [1.807, 2.05) is 18.5 Å². The molecular weight excluding hydrogens is 210 g/mol. The first-order chi connectivity index (χ1) is 8.38. The second-order valence-corrected chi connectivity index (χ2v) is 4.86. The van der Waals surface area contributed by atoms with Crippen LogP contribution in [0.25, 0.3) is 0 Å². The minimum Gasteiger partial charge on any atom is -0.310 e. The van der Waals surface area contributed by atoms with Gasteiger partial charge in [-0.1, -0.05) is 13.0 Å². The smallest absolute Gasteiger partial charge is 0.0312 e. The van der Waals surface area contributed by atoms with Crippen molar-refractivity contribution in [3.05, 3.63) is 30.1 Å². The summed E-state index contributed by atoms with van der Waals surface area (Å²) in [7, 11) is 0. The highest BCUT2D eigenvalue weighted by molar-refractivity contribution is 5.08. The second-order valence-electron chi connectivity index (χ2n) is 4.86. The van der Waals surface area contributed by atoms with Crippen LogP contribution in [-0.4, -0.2) is 35.6 Å². The summed E-state index contributed by atoms with van der Waals surface area (Å²) in [5.74, 6) is 0. The molecule has 1 aliphatic rings. The summed E-state index contributed by atoms with van der Waals surface area (Å²) >= 11 is 0. The molecule has 1 saturated heterocycles. The van der Waals surface area contributed by atoms with Crippen molar-refractivity contribution in [3.63, 3.8) is 0 Å². The van der Waals surface area contributed by atoms with Gasteiger partial charge in [-0.15, -0.1) is 0 Å². The zero-order valence-corrected chi connectivity index (χ0v) is 10.7. The van der Waals surface area contributed by atoms with E-state index < -0.39 is 0 Å². The summed E-state index contributed by atoms with van der Waals surface area (Å²) in [5.41, 5.74) is 1.28. The number of nitrogens with one attached hydrogen (secondary N) is 1. The Bertz CT molecular complexity index is 305. The molecule has 0 radical (unpaired) electrons. The Morgan fingerprint density at radius 3 is 2.88 bits per heavy atom. The Balaban J connectivity index is 1.68. The Morgan fingerprint density at radius 1 is 1.41 bits per heavy atom. The number of rotatable bonds is 5. The highest BCUT2D eigenvalue weighted by Crippen LogP contribution is 2.11. The molecule has 0 spiro atoms. The van der Waals surface area contributed by atoms with Crippen molar-refractivity contribution in [1.82, 2.24) is 15.2 Å². The number of nitrogens with zero attached hydrogens (tertiary/aromatic N) is 2. The molecule has 1 aromatic heterocycles. The van der Waals surface area contributed by atoms with Gasteiger partial charge in [0.05, 0.1) is 0 Å². The van der Waals surface area contributed by atoms with Crippen molar-refractivity contribution in [3.8, 4) is 0 Å². The summed E-state index contributed by atoms with van der Waals surface area (Å²) in [6, 6.07) is 4.82. The maximum atomic E-state index is 4.14. The van der Waals surface area contributed by atoms with Crippen molar-refractivity contribution in [2.45, 2.75) is 38.8 Å². The van der Waals surface area contributed by atoms with Gasteiger partial charge in [0.2, 0.25) is 0 Å². The third-order valence-electron chi connectivity index (χ3n) is 3.45. The van der Waals surface area contributed by atoms with Crippen LogP contribution in [0.2, 0.25) is 0 Å². The topological polar surface area (TPSA) is 28.2 Å². The molecule has 2 heterocycles. The van der Waals surface area contributed by atoms with Crippen LogP contribution in [0.1, 0.15) is 31.7 Å². The van der Waals surface area contributed by atoms with Gasteiger partial charge in [0, 0.05) is 25.0 Å². The maximum absolute atomic E-state index is 4.14. The van der Waals surface area contributed by atoms with Crippen molar-refractivity contribution in [2.75, 3.05) is 19.6 Å². The number of hydrogen-bond donors (Lipinski definition) is 1.